The Morgan fingerprint density at radius 2 is 2.17 bits per heavy atom. The lowest BCUT2D eigenvalue weighted by Gasteiger charge is -2.37. The Labute approximate surface area is 144 Å². The molecule has 1 aliphatic rings. The molecule has 1 fully saturated rings. The molecule has 1 saturated carbocycles. The summed E-state index contributed by atoms with van der Waals surface area (Å²) in [6, 6.07) is 7.78. The van der Waals surface area contributed by atoms with Gasteiger partial charge in [-0.05, 0) is 44.0 Å². The van der Waals surface area contributed by atoms with Crippen molar-refractivity contribution in [2.24, 2.45) is 11.7 Å². The minimum absolute atomic E-state index is 0.0271. The molecule has 2 unspecified atom stereocenters. The highest BCUT2D eigenvalue weighted by atomic mass is 32.2. The van der Waals surface area contributed by atoms with Crippen LogP contribution < -0.4 is 11.1 Å². The van der Waals surface area contributed by atoms with Crippen LogP contribution in [0.1, 0.15) is 32.6 Å². The van der Waals surface area contributed by atoms with Crippen molar-refractivity contribution in [3.63, 3.8) is 0 Å². The molecular formula is C16H20N4OS2. The highest BCUT2D eigenvalue weighted by molar-refractivity contribution is 8.01. The third kappa shape index (κ3) is 4.10. The number of nitrogens with two attached hydrogens (primary N) is 1. The summed E-state index contributed by atoms with van der Waals surface area (Å²) in [6.07, 6.45) is 3.95. The van der Waals surface area contributed by atoms with E-state index in [-0.39, 0.29) is 11.8 Å². The maximum absolute atomic E-state index is 12.5. The first-order valence-corrected chi connectivity index (χ1v) is 9.38. The van der Waals surface area contributed by atoms with Gasteiger partial charge in [-0.25, -0.2) is 0 Å². The van der Waals surface area contributed by atoms with Crippen LogP contribution in [0.25, 0.3) is 0 Å². The monoisotopic (exact) mass is 348 g/mol. The SMILES string of the molecule is CC1(N)CCCCC1C(=O)Nc1ccc(Sc2nncs2)cc1. The first kappa shape index (κ1) is 16.4. The number of hydrogen-bond acceptors (Lipinski definition) is 6. The topological polar surface area (TPSA) is 80.9 Å². The molecular weight excluding hydrogens is 328 g/mol. The predicted octanol–water partition coefficient (Wildman–Crippen LogP) is 3.54. The molecule has 0 bridgehead atoms. The number of hydrogen-bond donors (Lipinski definition) is 2. The van der Waals surface area contributed by atoms with Crippen molar-refractivity contribution in [1.82, 2.24) is 10.2 Å². The Morgan fingerprint density at radius 1 is 1.39 bits per heavy atom. The summed E-state index contributed by atoms with van der Waals surface area (Å²) in [4.78, 5) is 13.6. The molecule has 23 heavy (non-hydrogen) atoms. The lowest BCUT2D eigenvalue weighted by atomic mass is 9.74. The quantitative estimate of drug-likeness (QED) is 0.883. The Balaban J connectivity index is 1.62. The fraction of sp³-hybridized carbons (Fsp3) is 0.438. The van der Waals surface area contributed by atoms with Crippen LogP contribution in [0.5, 0.6) is 0 Å². The lowest BCUT2D eigenvalue weighted by molar-refractivity contribution is -0.122. The summed E-state index contributed by atoms with van der Waals surface area (Å²) in [5.41, 5.74) is 8.41. The molecule has 1 aromatic heterocycles. The number of benzene rings is 1. The van der Waals surface area contributed by atoms with E-state index >= 15 is 0 Å². The third-order valence-corrected chi connectivity index (χ3v) is 6.02. The average molecular weight is 348 g/mol. The number of rotatable bonds is 4. The highest BCUT2D eigenvalue weighted by Gasteiger charge is 2.37. The van der Waals surface area contributed by atoms with E-state index in [1.807, 2.05) is 31.2 Å². The van der Waals surface area contributed by atoms with Crippen molar-refractivity contribution in [3.8, 4) is 0 Å². The Morgan fingerprint density at radius 3 is 2.83 bits per heavy atom. The van der Waals surface area contributed by atoms with E-state index in [1.54, 1.807) is 17.3 Å². The average Bonchev–Trinajstić information content (AvgIpc) is 3.01. The van der Waals surface area contributed by atoms with Gasteiger partial charge >= 0.3 is 0 Å². The Kier molecular flexibility index (Phi) is 4.99. The number of nitrogens with one attached hydrogen (secondary N) is 1. The minimum Gasteiger partial charge on any atom is -0.326 e. The molecule has 122 valence electrons. The zero-order valence-electron chi connectivity index (χ0n) is 13.0. The summed E-state index contributed by atoms with van der Waals surface area (Å²) in [5.74, 6) is -0.0917. The molecule has 0 radical (unpaired) electrons. The summed E-state index contributed by atoms with van der Waals surface area (Å²) in [7, 11) is 0. The van der Waals surface area contributed by atoms with Crippen molar-refractivity contribution in [2.75, 3.05) is 5.32 Å². The fourth-order valence-corrected chi connectivity index (χ4v) is 4.38. The summed E-state index contributed by atoms with van der Waals surface area (Å²) < 4.78 is 0.905. The second-order valence-electron chi connectivity index (χ2n) is 6.12. The van der Waals surface area contributed by atoms with Gasteiger partial charge in [0.1, 0.15) is 5.51 Å². The van der Waals surface area contributed by atoms with Crippen LogP contribution in [0.3, 0.4) is 0 Å². The van der Waals surface area contributed by atoms with Crippen LogP contribution in [0.15, 0.2) is 39.0 Å². The van der Waals surface area contributed by atoms with E-state index in [1.165, 1.54) is 11.3 Å². The van der Waals surface area contributed by atoms with E-state index in [0.29, 0.717) is 0 Å². The standard InChI is InChI=1S/C16H20N4OS2/c1-16(17)9-3-2-4-13(16)14(21)19-11-5-7-12(8-6-11)23-15-20-18-10-22-15/h5-8,10,13H,2-4,9,17H2,1H3,(H,19,21). The molecule has 1 amide bonds. The molecule has 2 atom stereocenters. The van der Waals surface area contributed by atoms with Gasteiger partial charge in [0.15, 0.2) is 4.34 Å². The lowest BCUT2D eigenvalue weighted by Crippen LogP contribution is -2.51. The molecule has 0 aliphatic heterocycles. The van der Waals surface area contributed by atoms with Crippen molar-refractivity contribution >= 4 is 34.7 Å². The maximum Gasteiger partial charge on any atom is 0.229 e. The second-order valence-corrected chi connectivity index (χ2v) is 8.28. The van der Waals surface area contributed by atoms with Gasteiger partial charge in [-0.1, -0.05) is 35.9 Å². The molecule has 1 aliphatic carbocycles. The first-order chi connectivity index (χ1) is 11.0. The number of amides is 1. The van der Waals surface area contributed by atoms with Crippen molar-refractivity contribution in [1.29, 1.82) is 0 Å². The largest absolute Gasteiger partial charge is 0.326 e. The molecule has 1 aromatic carbocycles. The fourth-order valence-electron chi connectivity index (χ4n) is 2.93. The molecule has 0 saturated heterocycles. The molecule has 2 aromatic rings. The van der Waals surface area contributed by atoms with Crippen molar-refractivity contribution < 1.29 is 4.79 Å². The smallest absolute Gasteiger partial charge is 0.229 e. The zero-order chi connectivity index (χ0) is 16.3. The normalized spacial score (nSPS) is 24.3. The summed E-state index contributed by atoms with van der Waals surface area (Å²) in [5, 5.41) is 10.8. The molecule has 1 heterocycles. The van der Waals surface area contributed by atoms with Crippen LogP contribution in [0.4, 0.5) is 5.69 Å². The van der Waals surface area contributed by atoms with E-state index in [4.69, 9.17) is 5.73 Å². The van der Waals surface area contributed by atoms with Gasteiger partial charge in [0.05, 0.1) is 5.92 Å². The van der Waals surface area contributed by atoms with Gasteiger partial charge in [-0.15, -0.1) is 10.2 Å². The van der Waals surface area contributed by atoms with Gasteiger partial charge in [0.2, 0.25) is 5.91 Å². The van der Waals surface area contributed by atoms with Crippen LogP contribution >= 0.6 is 23.1 Å². The number of anilines is 1. The van der Waals surface area contributed by atoms with Gasteiger partial charge in [-0.2, -0.15) is 0 Å². The number of nitrogens with zero attached hydrogens (tertiary/aromatic N) is 2. The number of aromatic nitrogens is 2. The van der Waals surface area contributed by atoms with Crippen molar-refractivity contribution in [2.45, 2.75) is 47.4 Å². The Hall–Kier alpha value is -1.44. The van der Waals surface area contributed by atoms with Crippen LogP contribution in [-0.2, 0) is 4.79 Å². The van der Waals surface area contributed by atoms with Crippen LogP contribution in [0, 0.1) is 5.92 Å². The molecule has 0 spiro atoms. The van der Waals surface area contributed by atoms with Gasteiger partial charge < -0.3 is 11.1 Å². The third-order valence-electron chi connectivity index (χ3n) is 4.24. The van der Waals surface area contributed by atoms with E-state index in [2.05, 4.69) is 15.5 Å². The van der Waals surface area contributed by atoms with Crippen LogP contribution in [0.2, 0.25) is 0 Å². The van der Waals surface area contributed by atoms with Crippen LogP contribution in [-0.4, -0.2) is 21.6 Å². The van der Waals surface area contributed by atoms with E-state index in [0.717, 1.165) is 40.6 Å². The zero-order valence-corrected chi connectivity index (χ0v) is 14.6. The summed E-state index contributed by atoms with van der Waals surface area (Å²) >= 11 is 3.07. The number of carbonyl (C=O) groups is 1. The number of carbonyl (C=O) groups excluding carboxylic acids is 1. The van der Waals surface area contributed by atoms with E-state index < -0.39 is 5.54 Å². The predicted molar refractivity (Wildman–Crippen MR) is 93.7 cm³/mol. The molecule has 3 rings (SSSR count). The van der Waals surface area contributed by atoms with Gasteiger partial charge in [0, 0.05) is 16.1 Å². The molecule has 3 N–H and O–H groups in total. The van der Waals surface area contributed by atoms with E-state index in [9.17, 15) is 4.79 Å². The Bertz CT molecular complexity index is 655. The van der Waals surface area contributed by atoms with Gasteiger partial charge in [0.25, 0.3) is 0 Å². The van der Waals surface area contributed by atoms with Gasteiger partial charge in [-0.3, -0.25) is 4.79 Å². The molecule has 7 heteroatoms. The minimum atomic E-state index is -0.407. The second kappa shape index (κ2) is 6.98. The molecule has 5 nitrogen and oxygen atoms in total. The van der Waals surface area contributed by atoms with Crippen molar-refractivity contribution in [3.05, 3.63) is 29.8 Å². The first-order valence-electron chi connectivity index (χ1n) is 7.68. The summed E-state index contributed by atoms with van der Waals surface area (Å²) in [6.45, 7) is 1.98. The highest BCUT2D eigenvalue weighted by Crippen LogP contribution is 2.33. The maximum atomic E-state index is 12.5.